The summed E-state index contributed by atoms with van der Waals surface area (Å²) in [4.78, 5) is 4.43. The van der Waals surface area contributed by atoms with Gasteiger partial charge in [-0.3, -0.25) is 4.99 Å². The first-order chi connectivity index (χ1) is 12.8. The van der Waals surface area contributed by atoms with Crippen LogP contribution >= 0.6 is 0 Å². The van der Waals surface area contributed by atoms with E-state index >= 15 is 0 Å². The molecule has 140 valence electrons. The van der Waals surface area contributed by atoms with Gasteiger partial charge in [0.1, 0.15) is 13.2 Å². The molecule has 5 heteroatoms. The fourth-order valence-electron chi connectivity index (χ4n) is 4.37. The van der Waals surface area contributed by atoms with Crippen LogP contribution in [0.5, 0.6) is 11.5 Å². The number of benzene rings is 1. The molecule has 0 saturated heterocycles. The van der Waals surface area contributed by atoms with E-state index in [1.54, 1.807) is 0 Å². The molecule has 1 fully saturated rings. The van der Waals surface area contributed by atoms with Crippen molar-refractivity contribution in [2.45, 2.75) is 50.0 Å². The Labute approximate surface area is 155 Å². The normalized spacial score (nSPS) is 21.8. The molecule has 0 unspecified atom stereocenters. The van der Waals surface area contributed by atoms with Crippen LogP contribution in [0.25, 0.3) is 0 Å². The van der Waals surface area contributed by atoms with Gasteiger partial charge in [-0.15, -0.1) is 0 Å². The first-order valence-corrected chi connectivity index (χ1v) is 9.81. The molecule has 0 radical (unpaired) electrons. The molecule has 1 heterocycles. The Morgan fingerprint density at radius 2 is 1.85 bits per heavy atom. The monoisotopic (exact) mass is 355 g/mol. The summed E-state index contributed by atoms with van der Waals surface area (Å²) in [5.74, 6) is 2.66. The molecule has 2 aliphatic carbocycles. The van der Waals surface area contributed by atoms with Crippen molar-refractivity contribution in [3.8, 4) is 11.5 Å². The molecule has 1 aliphatic heterocycles. The number of hydrogen-bond donors (Lipinski definition) is 2. The first kappa shape index (κ1) is 17.3. The van der Waals surface area contributed by atoms with E-state index in [-0.39, 0.29) is 5.41 Å². The lowest BCUT2D eigenvalue weighted by atomic mass is 9.78. The fraction of sp³-hybridized carbons (Fsp3) is 0.571. The number of guanidine groups is 1. The molecule has 2 N–H and O–H groups in total. The lowest BCUT2D eigenvalue weighted by Gasteiger charge is -2.32. The maximum Gasteiger partial charge on any atom is 0.191 e. The predicted molar refractivity (Wildman–Crippen MR) is 104 cm³/mol. The highest BCUT2D eigenvalue weighted by Gasteiger charge is 2.36. The topological polar surface area (TPSA) is 54.9 Å². The van der Waals surface area contributed by atoms with Crippen molar-refractivity contribution in [3.05, 3.63) is 35.9 Å². The van der Waals surface area contributed by atoms with Crippen LogP contribution in [-0.2, 0) is 5.41 Å². The van der Waals surface area contributed by atoms with Gasteiger partial charge >= 0.3 is 0 Å². The van der Waals surface area contributed by atoms with E-state index in [2.05, 4.69) is 46.0 Å². The SMILES string of the molecule is CN=C(NCC1(c2ccc3c(c2)OCCO3)CCCC1)NC1CC=CC1. The molecule has 1 aromatic carbocycles. The van der Waals surface area contributed by atoms with Gasteiger partial charge in [-0.2, -0.15) is 0 Å². The maximum absolute atomic E-state index is 5.82. The van der Waals surface area contributed by atoms with Crippen LogP contribution < -0.4 is 20.1 Å². The highest BCUT2D eigenvalue weighted by molar-refractivity contribution is 5.80. The van der Waals surface area contributed by atoms with E-state index < -0.39 is 0 Å². The van der Waals surface area contributed by atoms with Crippen LogP contribution in [0.4, 0.5) is 0 Å². The summed E-state index contributed by atoms with van der Waals surface area (Å²) in [7, 11) is 1.85. The number of nitrogens with one attached hydrogen (secondary N) is 2. The molecule has 1 aromatic rings. The van der Waals surface area contributed by atoms with E-state index in [1.165, 1.54) is 31.2 Å². The number of aliphatic imine (C=N–C) groups is 1. The molecule has 3 aliphatic rings. The van der Waals surface area contributed by atoms with Gasteiger partial charge in [0, 0.05) is 25.0 Å². The quantitative estimate of drug-likeness (QED) is 0.495. The fourth-order valence-corrected chi connectivity index (χ4v) is 4.37. The third-order valence-electron chi connectivity index (χ3n) is 5.88. The Morgan fingerprint density at radius 1 is 1.12 bits per heavy atom. The van der Waals surface area contributed by atoms with Crippen LogP contribution in [0, 0.1) is 0 Å². The second-order valence-electron chi connectivity index (χ2n) is 7.56. The van der Waals surface area contributed by atoms with Crippen molar-refractivity contribution >= 4 is 5.96 Å². The zero-order valence-electron chi connectivity index (χ0n) is 15.6. The molecule has 1 saturated carbocycles. The number of rotatable bonds is 4. The number of ether oxygens (including phenoxy) is 2. The number of fused-ring (bicyclic) bond motifs is 1. The standard InChI is InChI=1S/C21H29N3O2/c1-22-20(24-17-6-2-3-7-17)23-15-21(10-4-5-11-21)16-8-9-18-19(14-16)26-13-12-25-18/h2-3,8-9,14,17H,4-7,10-13,15H2,1H3,(H2,22,23,24). The van der Waals surface area contributed by atoms with E-state index in [4.69, 9.17) is 9.47 Å². The molecule has 0 atom stereocenters. The third kappa shape index (κ3) is 3.53. The van der Waals surface area contributed by atoms with Crippen molar-refractivity contribution in [1.29, 1.82) is 0 Å². The van der Waals surface area contributed by atoms with E-state index in [9.17, 15) is 0 Å². The summed E-state index contributed by atoms with van der Waals surface area (Å²) in [5.41, 5.74) is 1.49. The van der Waals surface area contributed by atoms with Gasteiger partial charge in [-0.25, -0.2) is 0 Å². The first-order valence-electron chi connectivity index (χ1n) is 9.81. The van der Waals surface area contributed by atoms with Crippen LogP contribution in [0.1, 0.15) is 44.1 Å². The molecule has 0 amide bonds. The minimum absolute atomic E-state index is 0.140. The smallest absolute Gasteiger partial charge is 0.191 e. The van der Waals surface area contributed by atoms with Crippen molar-refractivity contribution < 1.29 is 9.47 Å². The van der Waals surface area contributed by atoms with Gasteiger partial charge < -0.3 is 20.1 Å². The maximum atomic E-state index is 5.82. The minimum Gasteiger partial charge on any atom is -0.486 e. The Hall–Kier alpha value is -2.17. The van der Waals surface area contributed by atoms with E-state index in [1.807, 2.05) is 7.05 Å². The van der Waals surface area contributed by atoms with Gasteiger partial charge in [-0.1, -0.05) is 31.1 Å². The van der Waals surface area contributed by atoms with Gasteiger partial charge in [-0.05, 0) is 43.4 Å². The lowest BCUT2D eigenvalue weighted by Crippen LogP contribution is -2.47. The van der Waals surface area contributed by atoms with Crippen LogP contribution in [0.2, 0.25) is 0 Å². The van der Waals surface area contributed by atoms with E-state index in [0.717, 1.165) is 36.8 Å². The second-order valence-corrected chi connectivity index (χ2v) is 7.56. The van der Waals surface area contributed by atoms with Gasteiger partial charge in [0.25, 0.3) is 0 Å². The van der Waals surface area contributed by atoms with Crippen LogP contribution in [0.3, 0.4) is 0 Å². The van der Waals surface area contributed by atoms with Gasteiger partial charge in [0.2, 0.25) is 0 Å². The zero-order chi connectivity index (χ0) is 17.8. The molecule has 0 bridgehead atoms. The Kier molecular flexibility index (Phi) is 5.05. The summed E-state index contributed by atoms with van der Waals surface area (Å²) in [5, 5.41) is 7.14. The number of nitrogens with zero attached hydrogens (tertiary/aromatic N) is 1. The molecule has 0 spiro atoms. The highest BCUT2D eigenvalue weighted by atomic mass is 16.6. The lowest BCUT2D eigenvalue weighted by molar-refractivity contribution is 0.171. The molecular formula is C21H29N3O2. The summed E-state index contributed by atoms with van der Waals surface area (Å²) in [6, 6.07) is 6.95. The second kappa shape index (κ2) is 7.60. The minimum atomic E-state index is 0.140. The zero-order valence-corrected chi connectivity index (χ0v) is 15.6. The molecule has 5 nitrogen and oxygen atoms in total. The molecule has 26 heavy (non-hydrogen) atoms. The summed E-state index contributed by atoms with van der Waals surface area (Å²) in [6.07, 6.45) is 11.6. The van der Waals surface area contributed by atoms with Crippen molar-refractivity contribution in [2.75, 3.05) is 26.8 Å². The molecule has 4 rings (SSSR count). The van der Waals surface area contributed by atoms with Gasteiger partial charge in [0.15, 0.2) is 17.5 Å². The number of hydrogen-bond acceptors (Lipinski definition) is 3. The van der Waals surface area contributed by atoms with Crippen molar-refractivity contribution in [2.24, 2.45) is 4.99 Å². The van der Waals surface area contributed by atoms with Crippen LogP contribution in [-0.4, -0.2) is 38.8 Å². The largest absolute Gasteiger partial charge is 0.486 e. The highest BCUT2D eigenvalue weighted by Crippen LogP contribution is 2.43. The average Bonchev–Trinajstić information content (AvgIpc) is 3.37. The Morgan fingerprint density at radius 3 is 2.58 bits per heavy atom. The summed E-state index contributed by atoms with van der Waals surface area (Å²) >= 11 is 0. The predicted octanol–water partition coefficient (Wildman–Crippen LogP) is 3.15. The summed E-state index contributed by atoms with van der Waals surface area (Å²) in [6.45, 7) is 2.16. The third-order valence-corrected chi connectivity index (χ3v) is 5.88. The van der Waals surface area contributed by atoms with Crippen LogP contribution in [0.15, 0.2) is 35.3 Å². The Balaban J connectivity index is 1.47. The van der Waals surface area contributed by atoms with Crippen molar-refractivity contribution in [1.82, 2.24) is 10.6 Å². The summed E-state index contributed by atoms with van der Waals surface area (Å²) < 4.78 is 11.5. The van der Waals surface area contributed by atoms with E-state index in [0.29, 0.717) is 19.3 Å². The average molecular weight is 355 g/mol. The molecule has 0 aromatic heterocycles. The molecular weight excluding hydrogens is 326 g/mol. The Bertz CT molecular complexity index is 684. The van der Waals surface area contributed by atoms with Gasteiger partial charge in [0.05, 0.1) is 0 Å². The van der Waals surface area contributed by atoms with Crippen molar-refractivity contribution in [3.63, 3.8) is 0 Å².